The molecule has 1 aromatic heterocycles. The molecule has 3 nitrogen and oxygen atoms in total. The molecule has 1 rings (SSSR count). The van der Waals surface area contributed by atoms with Gasteiger partial charge in [-0.3, -0.25) is 4.79 Å². The van der Waals surface area contributed by atoms with E-state index in [1.54, 1.807) is 4.98 Å². The van der Waals surface area contributed by atoms with Gasteiger partial charge in [-0.15, -0.1) is 0 Å². The molecule has 8 heteroatoms. The average Bonchev–Trinajstić information content (AvgIpc) is 2.14. The van der Waals surface area contributed by atoms with Crippen molar-refractivity contribution in [3.05, 3.63) is 33.2 Å². The van der Waals surface area contributed by atoms with Crippen LogP contribution >= 0.6 is 0 Å². The van der Waals surface area contributed by atoms with Gasteiger partial charge >= 0.3 is 6.18 Å². The molecule has 0 aliphatic heterocycles. The zero-order valence-electron chi connectivity index (χ0n) is 7.40. The van der Waals surface area contributed by atoms with Crippen molar-refractivity contribution < 1.29 is 22.0 Å². The molecular weight excluding hydrogens is 235 g/mol. The van der Waals surface area contributed by atoms with Crippen molar-refractivity contribution in [1.29, 1.82) is 5.26 Å². The summed E-state index contributed by atoms with van der Waals surface area (Å²) in [7, 11) is 0. The SMILES string of the molecule is N#Cc1[nH]cc(C(F)(F)F)c(=O)c1C(F)F. The molecule has 1 heterocycles. The summed E-state index contributed by atoms with van der Waals surface area (Å²) in [6.45, 7) is 0. The standard InChI is InChI=1S/C8H3F5N2O/c9-7(10)5-4(1-14)15-2-3(6(5)16)8(11,12)13/h2,7H,(H,15,16). The molecule has 16 heavy (non-hydrogen) atoms. The van der Waals surface area contributed by atoms with Gasteiger partial charge in [-0.2, -0.15) is 18.4 Å². The van der Waals surface area contributed by atoms with Gasteiger partial charge in [0.15, 0.2) is 0 Å². The maximum Gasteiger partial charge on any atom is 0.421 e. The van der Waals surface area contributed by atoms with Crippen molar-refractivity contribution in [1.82, 2.24) is 4.98 Å². The van der Waals surface area contributed by atoms with E-state index in [1.165, 1.54) is 6.07 Å². The fourth-order valence-electron chi connectivity index (χ4n) is 1.06. The Bertz CT molecular complexity index is 497. The lowest BCUT2D eigenvalue weighted by molar-refractivity contribution is -0.138. The molecule has 1 aromatic rings. The molecule has 0 saturated carbocycles. The number of nitrogens with zero attached hydrogens (tertiary/aromatic N) is 1. The minimum Gasteiger partial charge on any atom is -0.352 e. The lowest BCUT2D eigenvalue weighted by atomic mass is 10.1. The zero-order chi connectivity index (χ0) is 12.5. The van der Waals surface area contributed by atoms with E-state index < -0.39 is 34.9 Å². The van der Waals surface area contributed by atoms with Crippen LogP contribution in [0.1, 0.15) is 23.2 Å². The van der Waals surface area contributed by atoms with Crippen LogP contribution < -0.4 is 5.43 Å². The Morgan fingerprint density at radius 2 is 1.94 bits per heavy atom. The lowest BCUT2D eigenvalue weighted by Gasteiger charge is -2.08. The molecule has 0 aliphatic carbocycles. The second kappa shape index (κ2) is 3.92. The first-order valence-corrected chi connectivity index (χ1v) is 3.80. The van der Waals surface area contributed by atoms with Crippen LogP contribution in [-0.4, -0.2) is 4.98 Å². The second-order valence-corrected chi connectivity index (χ2v) is 2.73. The van der Waals surface area contributed by atoms with Gasteiger partial charge in [0.2, 0.25) is 5.43 Å². The van der Waals surface area contributed by atoms with Crippen molar-refractivity contribution >= 4 is 0 Å². The fourth-order valence-corrected chi connectivity index (χ4v) is 1.06. The smallest absolute Gasteiger partial charge is 0.352 e. The third-order valence-corrected chi connectivity index (χ3v) is 1.75. The summed E-state index contributed by atoms with van der Waals surface area (Å²) in [5.41, 5.74) is -5.95. The van der Waals surface area contributed by atoms with Gasteiger partial charge < -0.3 is 4.98 Å². The van der Waals surface area contributed by atoms with Gasteiger partial charge in [0.05, 0.1) is 0 Å². The molecule has 0 amide bonds. The first-order valence-electron chi connectivity index (χ1n) is 3.80. The van der Waals surface area contributed by atoms with Crippen molar-refractivity contribution in [2.24, 2.45) is 0 Å². The highest BCUT2D eigenvalue weighted by Gasteiger charge is 2.36. The minimum absolute atomic E-state index is 0.201. The topological polar surface area (TPSA) is 56.6 Å². The van der Waals surface area contributed by atoms with Crippen molar-refractivity contribution in [2.75, 3.05) is 0 Å². The van der Waals surface area contributed by atoms with E-state index in [2.05, 4.69) is 0 Å². The van der Waals surface area contributed by atoms with Crippen molar-refractivity contribution in [2.45, 2.75) is 12.6 Å². The van der Waals surface area contributed by atoms with Crippen LogP contribution in [0.5, 0.6) is 0 Å². The van der Waals surface area contributed by atoms with Gasteiger partial charge in [0.25, 0.3) is 6.43 Å². The van der Waals surface area contributed by atoms with Gasteiger partial charge in [-0.25, -0.2) is 8.78 Å². The Balaban J connectivity index is 3.59. The number of rotatable bonds is 1. The Labute approximate surface area is 85.1 Å². The highest BCUT2D eigenvalue weighted by atomic mass is 19.4. The van der Waals surface area contributed by atoms with Crippen LogP contribution in [0.2, 0.25) is 0 Å². The third kappa shape index (κ3) is 2.03. The first-order chi connectivity index (χ1) is 7.29. The summed E-state index contributed by atoms with van der Waals surface area (Å²) < 4.78 is 61.2. The summed E-state index contributed by atoms with van der Waals surface area (Å²) in [6, 6.07) is 1.19. The quantitative estimate of drug-likeness (QED) is 0.762. The van der Waals surface area contributed by atoms with Crippen LogP contribution in [0.4, 0.5) is 22.0 Å². The molecule has 0 atom stereocenters. The maximum atomic E-state index is 12.3. The number of halogens is 5. The molecule has 0 saturated heterocycles. The second-order valence-electron chi connectivity index (χ2n) is 2.73. The van der Waals surface area contributed by atoms with E-state index in [4.69, 9.17) is 5.26 Å². The van der Waals surface area contributed by atoms with Crippen LogP contribution in [0, 0.1) is 11.3 Å². The summed E-state index contributed by atoms with van der Waals surface area (Å²) in [6.07, 6.45) is -8.28. The summed E-state index contributed by atoms with van der Waals surface area (Å²) >= 11 is 0. The van der Waals surface area contributed by atoms with Crippen LogP contribution in [0.3, 0.4) is 0 Å². The largest absolute Gasteiger partial charge is 0.421 e. The normalized spacial score (nSPS) is 11.6. The molecule has 0 aromatic carbocycles. The highest BCUT2D eigenvalue weighted by molar-refractivity contribution is 5.35. The Morgan fingerprint density at radius 1 is 1.38 bits per heavy atom. The van der Waals surface area contributed by atoms with E-state index in [0.717, 1.165) is 0 Å². The fraction of sp³-hybridized carbons (Fsp3) is 0.250. The summed E-state index contributed by atoms with van der Waals surface area (Å²) in [4.78, 5) is 12.8. The van der Waals surface area contributed by atoms with E-state index in [0.29, 0.717) is 0 Å². The Hall–Kier alpha value is -1.91. The number of hydrogen-bond acceptors (Lipinski definition) is 2. The van der Waals surface area contributed by atoms with E-state index in [9.17, 15) is 26.7 Å². The number of aromatic nitrogens is 1. The highest BCUT2D eigenvalue weighted by Crippen LogP contribution is 2.28. The van der Waals surface area contributed by atoms with Gasteiger partial charge in [-0.1, -0.05) is 0 Å². The molecule has 0 radical (unpaired) electrons. The van der Waals surface area contributed by atoms with Crippen molar-refractivity contribution in [3.63, 3.8) is 0 Å². The summed E-state index contributed by atoms with van der Waals surface area (Å²) in [5.74, 6) is 0. The number of alkyl halides is 5. The molecule has 1 N–H and O–H groups in total. The number of hydrogen-bond donors (Lipinski definition) is 1. The van der Waals surface area contributed by atoms with Crippen LogP contribution in [0.25, 0.3) is 0 Å². The minimum atomic E-state index is -5.04. The molecule has 0 spiro atoms. The monoisotopic (exact) mass is 238 g/mol. The number of nitriles is 1. The Kier molecular flexibility index (Phi) is 2.98. The van der Waals surface area contributed by atoms with Crippen molar-refractivity contribution in [3.8, 4) is 6.07 Å². The predicted octanol–water partition coefficient (Wildman–Crippen LogP) is 2.20. The molecule has 0 bridgehead atoms. The summed E-state index contributed by atoms with van der Waals surface area (Å²) in [5, 5.41) is 8.35. The van der Waals surface area contributed by atoms with Crippen LogP contribution in [0.15, 0.2) is 11.0 Å². The molecule has 0 unspecified atom stereocenters. The van der Waals surface area contributed by atoms with Crippen LogP contribution in [-0.2, 0) is 6.18 Å². The van der Waals surface area contributed by atoms with Gasteiger partial charge in [0.1, 0.15) is 22.9 Å². The number of nitrogens with one attached hydrogen (secondary N) is 1. The zero-order valence-corrected chi connectivity index (χ0v) is 7.40. The predicted molar refractivity (Wildman–Crippen MR) is 41.7 cm³/mol. The average molecular weight is 238 g/mol. The Morgan fingerprint density at radius 3 is 2.31 bits per heavy atom. The first kappa shape index (κ1) is 12.2. The molecular formula is C8H3F5N2O. The molecule has 86 valence electrons. The number of H-pyrrole nitrogens is 1. The van der Waals surface area contributed by atoms with E-state index in [1.807, 2.05) is 0 Å². The number of pyridine rings is 1. The molecule has 0 aliphatic rings. The lowest BCUT2D eigenvalue weighted by Crippen LogP contribution is -2.24. The maximum absolute atomic E-state index is 12.3. The van der Waals surface area contributed by atoms with E-state index >= 15 is 0 Å². The van der Waals surface area contributed by atoms with Gasteiger partial charge in [-0.05, 0) is 0 Å². The third-order valence-electron chi connectivity index (χ3n) is 1.75. The van der Waals surface area contributed by atoms with E-state index in [-0.39, 0.29) is 6.20 Å². The van der Waals surface area contributed by atoms with Gasteiger partial charge in [0, 0.05) is 6.20 Å². The number of aromatic amines is 1. The molecule has 0 fully saturated rings.